The summed E-state index contributed by atoms with van der Waals surface area (Å²) in [6, 6.07) is 0. The maximum atomic E-state index is 11.2. The van der Waals surface area contributed by atoms with Crippen LogP contribution in [0.25, 0.3) is 0 Å². The average Bonchev–Trinajstić information content (AvgIpc) is 2.20. The lowest BCUT2D eigenvalue weighted by Crippen LogP contribution is -2.21. The zero-order valence-electron chi connectivity index (χ0n) is 7.67. The van der Waals surface area contributed by atoms with Crippen LogP contribution in [0.4, 0.5) is 5.69 Å². The zero-order valence-corrected chi connectivity index (χ0v) is 8.42. The van der Waals surface area contributed by atoms with Crippen molar-refractivity contribution in [2.24, 2.45) is 0 Å². The van der Waals surface area contributed by atoms with E-state index in [1.54, 1.807) is 12.2 Å². The van der Waals surface area contributed by atoms with Crippen LogP contribution >= 0.6 is 11.6 Å². The van der Waals surface area contributed by atoms with Crippen molar-refractivity contribution in [3.8, 4) is 0 Å². The minimum absolute atomic E-state index is 0.214. The number of hydrogen-bond acceptors (Lipinski definition) is 4. The van der Waals surface area contributed by atoms with Crippen LogP contribution in [0, 0.1) is 10.1 Å². The predicted octanol–water partition coefficient (Wildman–Crippen LogP) is 0.947. The molecule has 0 atom stereocenters. The van der Waals surface area contributed by atoms with Crippen LogP contribution in [-0.2, 0) is 6.54 Å². The molecule has 0 unspecified atom stereocenters. The first-order chi connectivity index (χ1) is 7.15. The number of allylic oxidation sites excluding steroid dienone is 2. The van der Waals surface area contributed by atoms with E-state index < -0.39 is 10.6 Å². The van der Waals surface area contributed by atoms with Crippen molar-refractivity contribution in [2.75, 3.05) is 5.88 Å². The molecule has 0 saturated heterocycles. The van der Waals surface area contributed by atoms with E-state index in [0.717, 1.165) is 17.0 Å². The second-order valence-corrected chi connectivity index (χ2v) is 2.94. The molecule has 0 fully saturated rings. The highest BCUT2D eigenvalue weighted by molar-refractivity contribution is 6.18. The van der Waals surface area contributed by atoms with E-state index >= 15 is 0 Å². The third-order valence-electron chi connectivity index (χ3n) is 1.61. The van der Waals surface area contributed by atoms with Crippen molar-refractivity contribution in [1.29, 1.82) is 0 Å². The highest BCUT2D eigenvalue weighted by Gasteiger charge is 2.07. The lowest BCUT2D eigenvalue weighted by Gasteiger charge is -1.99. The Morgan fingerprint density at radius 3 is 2.93 bits per heavy atom. The Morgan fingerprint density at radius 2 is 2.33 bits per heavy atom. The summed E-state index contributed by atoms with van der Waals surface area (Å²) < 4.78 is 1.14. The number of nitrogens with zero attached hydrogens (tertiary/aromatic N) is 3. The van der Waals surface area contributed by atoms with Gasteiger partial charge in [-0.2, -0.15) is 4.98 Å². The molecule has 1 aromatic rings. The van der Waals surface area contributed by atoms with Gasteiger partial charge in [0, 0.05) is 12.4 Å². The van der Waals surface area contributed by atoms with E-state index in [4.69, 9.17) is 11.6 Å². The standard InChI is InChI=1S/C8H8ClN3O3/c9-3-1-2-4-11-6-7(12(14)15)5-10-8(11)13/h1-2,5-6H,3-4H2/b2-1+. The lowest BCUT2D eigenvalue weighted by molar-refractivity contribution is -0.385. The number of rotatable bonds is 4. The van der Waals surface area contributed by atoms with Crippen LogP contribution in [-0.4, -0.2) is 20.4 Å². The summed E-state index contributed by atoms with van der Waals surface area (Å²) in [7, 11) is 0. The first-order valence-electron chi connectivity index (χ1n) is 4.07. The molecule has 0 radical (unpaired) electrons. The van der Waals surface area contributed by atoms with E-state index in [0.29, 0.717) is 5.88 Å². The Morgan fingerprint density at radius 1 is 1.60 bits per heavy atom. The van der Waals surface area contributed by atoms with Crippen molar-refractivity contribution in [3.05, 3.63) is 45.1 Å². The van der Waals surface area contributed by atoms with Gasteiger partial charge >= 0.3 is 11.4 Å². The Labute approximate surface area is 90.0 Å². The molecule has 0 aromatic carbocycles. The fraction of sp³-hybridized carbons (Fsp3) is 0.250. The van der Waals surface area contributed by atoms with Gasteiger partial charge in [0.05, 0.1) is 11.1 Å². The fourth-order valence-corrected chi connectivity index (χ4v) is 1.05. The molecule has 1 heterocycles. The van der Waals surface area contributed by atoms with Gasteiger partial charge in [0.2, 0.25) is 0 Å². The molecule has 0 saturated carbocycles. The molecule has 6 nitrogen and oxygen atoms in total. The summed E-state index contributed by atoms with van der Waals surface area (Å²) in [4.78, 5) is 24.3. The average molecular weight is 230 g/mol. The maximum absolute atomic E-state index is 11.2. The Hall–Kier alpha value is -1.69. The molecule has 0 aliphatic carbocycles. The summed E-state index contributed by atoms with van der Waals surface area (Å²) in [5, 5.41) is 10.4. The number of halogens is 1. The van der Waals surface area contributed by atoms with E-state index in [9.17, 15) is 14.9 Å². The predicted molar refractivity (Wildman–Crippen MR) is 55.0 cm³/mol. The highest BCUT2D eigenvalue weighted by atomic mass is 35.5. The van der Waals surface area contributed by atoms with E-state index in [1.165, 1.54) is 0 Å². The first kappa shape index (κ1) is 11.4. The Kier molecular flexibility index (Phi) is 3.99. The van der Waals surface area contributed by atoms with Gasteiger partial charge in [-0.25, -0.2) is 4.79 Å². The van der Waals surface area contributed by atoms with Crippen LogP contribution < -0.4 is 5.69 Å². The maximum Gasteiger partial charge on any atom is 0.348 e. The van der Waals surface area contributed by atoms with E-state index in [2.05, 4.69) is 4.98 Å². The molecule has 0 spiro atoms. The molecule has 0 N–H and O–H groups in total. The summed E-state index contributed by atoms with van der Waals surface area (Å²) >= 11 is 5.39. The molecule has 15 heavy (non-hydrogen) atoms. The SMILES string of the molecule is O=c1ncc([N+](=O)[O-])cn1C/C=C/CCl. The van der Waals surface area contributed by atoms with Crippen molar-refractivity contribution in [3.63, 3.8) is 0 Å². The van der Waals surface area contributed by atoms with Gasteiger partial charge in [-0.3, -0.25) is 14.7 Å². The summed E-state index contributed by atoms with van der Waals surface area (Å²) in [6.07, 6.45) is 5.37. The Bertz CT molecular complexity index is 441. The molecular formula is C8H8ClN3O3. The third kappa shape index (κ3) is 3.17. The monoisotopic (exact) mass is 229 g/mol. The molecule has 80 valence electrons. The fourth-order valence-electron chi connectivity index (χ4n) is 0.920. The second kappa shape index (κ2) is 5.26. The van der Waals surface area contributed by atoms with E-state index in [-0.39, 0.29) is 12.2 Å². The molecule has 0 amide bonds. The van der Waals surface area contributed by atoms with Crippen molar-refractivity contribution in [2.45, 2.75) is 6.54 Å². The molecule has 0 aliphatic rings. The topological polar surface area (TPSA) is 78.0 Å². The van der Waals surface area contributed by atoms with Gasteiger partial charge in [-0.1, -0.05) is 12.2 Å². The smallest absolute Gasteiger partial charge is 0.288 e. The minimum Gasteiger partial charge on any atom is -0.288 e. The van der Waals surface area contributed by atoms with Crippen molar-refractivity contribution in [1.82, 2.24) is 9.55 Å². The summed E-state index contributed by atoms with van der Waals surface area (Å²) in [5.41, 5.74) is -0.742. The third-order valence-corrected chi connectivity index (χ3v) is 1.79. The minimum atomic E-state index is -0.603. The van der Waals surface area contributed by atoms with E-state index in [1.807, 2.05) is 0 Å². The second-order valence-electron chi connectivity index (χ2n) is 2.63. The van der Waals surface area contributed by atoms with Gasteiger partial charge in [-0.05, 0) is 0 Å². The Balaban J connectivity index is 2.95. The van der Waals surface area contributed by atoms with Gasteiger partial charge in [-0.15, -0.1) is 11.6 Å². The number of aromatic nitrogens is 2. The summed E-state index contributed by atoms with van der Waals surface area (Å²) in [6.45, 7) is 0.222. The van der Waals surface area contributed by atoms with Gasteiger partial charge in [0.1, 0.15) is 6.20 Å². The number of nitro groups is 1. The number of hydrogen-bond donors (Lipinski definition) is 0. The lowest BCUT2D eigenvalue weighted by atomic mass is 10.5. The highest BCUT2D eigenvalue weighted by Crippen LogP contribution is 2.04. The largest absolute Gasteiger partial charge is 0.348 e. The number of alkyl halides is 1. The summed E-state index contributed by atoms with van der Waals surface area (Å²) in [5.74, 6) is 0.330. The van der Waals surface area contributed by atoms with Crippen LogP contribution in [0.1, 0.15) is 0 Å². The molecule has 1 rings (SSSR count). The van der Waals surface area contributed by atoms with Gasteiger partial charge in [0.25, 0.3) is 0 Å². The molecular weight excluding hydrogens is 222 g/mol. The molecule has 7 heteroatoms. The van der Waals surface area contributed by atoms with Gasteiger partial charge in [0.15, 0.2) is 0 Å². The normalized spacial score (nSPS) is 10.7. The molecule has 1 aromatic heterocycles. The quantitative estimate of drug-likeness (QED) is 0.333. The van der Waals surface area contributed by atoms with Crippen LogP contribution in [0.5, 0.6) is 0 Å². The molecule has 0 aliphatic heterocycles. The first-order valence-corrected chi connectivity index (χ1v) is 4.60. The molecule has 0 bridgehead atoms. The van der Waals surface area contributed by atoms with Gasteiger partial charge < -0.3 is 0 Å². The van der Waals surface area contributed by atoms with Crippen molar-refractivity contribution < 1.29 is 4.92 Å². The van der Waals surface area contributed by atoms with Crippen LogP contribution in [0.2, 0.25) is 0 Å². The van der Waals surface area contributed by atoms with Crippen molar-refractivity contribution >= 4 is 17.3 Å². The zero-order chi connectivity index (χ0) is 11.3. The van der Waals surface area contributed by atoms with Crippen LogP contribution in [0.15, 0.2) is 29.3 Å². The van der Waals surface area contributed by atoms with Crippen LogP contribution in [0.3, 0.4) is 0 Å².